The minimum atomic E-state index is -4.48. The highest BCUT2D eigenvalue weighted by Gasteiger charge is 2.36. The number of alkyl halides is 3. The summed E-state index contributed by atoms with van der Waals surface area (Å²) < 4.78 is 47.9. The highest BCUT2D eigenvalue weighted by atomic mass is 19.4. The number of methoxy groups -OCH3 is 1. The first-order valence-corrected chi connectivity index (χ1v) is 4.68. The van der Waals surface area contributed by atoms with Crippen molar-refractivity contribution < 1.29 is 22.6 Å². The van der Waals surface area contributed by atoms with E-state index in [1.807, 2.05) is 0 Å². The molecule has 0 aliphatic rings. The van der Waals surface area contributed by atoms with Crippen LogP contribution in [-0.4, -0.2) is 13.2 Å². The van der Waals surface area contributed by atoms with Crippen LogP contribution in [0.25, 0.3) is 0 Å². The molecular weight excluding hydrogens is 221 g/mol. The van der Waals surface area contributed by atoms with Crippen LogP contribution in [0, 0.1) is 6.07 Å². The summed E-state index contributed by atoms with van der Waals surface area (Å²) in [5.74, 6) is -0.257. The van der Waals surface area contributed by atoms with E-state index in [-0.39, 0.29) is 17.6 Å². The molecule has 0 aliphatic carbocycles. The van der Waals surface area contributed by atoms with Crippen LogP contribution in [0.3, 0.4) is 0 Å². The van der Waals surface area contributed by atoms with E-state index in [2.05, 4.69) is 6.07 Å². The van der Waals surface area contributed by atoms with E-state index in [1.54, 1.807) is 13.8 Å². The van der Waals surface area contributed by atoms with Crippen LogP contribution < -0.4 is 9.47 Å². The lowest BCUT2D eigenvalue weighted by Gasteiger charge is -2.18. The molecule has 5 heteroatoms. The molecule has 0 aliphatic heterocycles. The molecule has 1 radical (unpaired) electrons. The number of hydrogen-bond donors (Lipinski definition) is 0. The third-order valence-electron chi connectivity index (χ3n) is 1.79. The first kappa shape index (κ1) is 12.7. The van der Waals surface area contributed by atoms with Crippen molar-refractivity contribution in [3.05, 3.63) is 23.8 Å². The van der Waals surface area contributed by atoms with Gasteiger partial charge in [0, 0.05) is 0 Å². The van der Waals surface area contributed by atoms with E-state index in [1.165, 1.54) is 13.2 Å². The summed E-state index contributed by atoms with van der Waals surface area (Å²) in [7, 11) is 1.29. The van der Waals surface area contributed by atoms with Crippen molar-refractivity contribution in [1.82, 2.24) is 0 Å². The van der Waals surface area contributed by atoms with Gasteiger partial charge in [-0.2, -0.15) is 13.2 Å². The molecule has 1 rings (SSSR count). The Morgan fingerprint density at radius 2 is 1.88 bits per heavy atom. The standard InChI is InChI=1S/C11H12F3O2/c1-7(2)16-10-8(11(12,13)14)5-4-6-9(10)15-3/h5-7H,1-3H3. The van der Waals surface area contributed by atoms with Crippen LogP contribution in [0.5, 0.6) is 11.5 Å². The van der Waals surface area contributed by atoms with Gasteiger partial charge < -0.3 is 9.47 Å². The summed E-state index contributed by atoms with van der Waals surface area (Å²) in [5.41, 5.74) is -0.874. The maximum absolute atomic E-state index is 12.7. The van der Waals surface area contributed by atoms with Crippen LogP contribution in [0.2, 0.25) is 0 Å². The van der Waals surface area contributed by atoms with Crippen LogP contribution in [0.15, 0.2) is 12.1 Å². The second kappa shape index (κ2) is 4.63. The highest BCUT2D eigenvalue weighted by Crippen LogP contribution is 2.41. The zero-order valence-electron chi connectivity index (χ0n) is 9.18. The third kappa shape index (κ3) is 2.81. The molecule has 0 fully saturated rings. The highest BCUT2D eigenvalue weighted by molar-refractivity contribution is 5.47. The molecule has 1 aromatic carbocycles. The molecule has 89 valence electrons. The Morgan fingerprint density at radius 3 is 2.31 bits per heavy atom. The number of ether oxygens (including phenoxy) is 2. The van der Waals surface area contributed by atoms with Gasteiger partial charge in [0.05, 0.1) is 13.2 Å². The van der Waals surface area contributed by atoms with Gasteiger partial charge in [0.25, 0.3) is 0 Å². The second-order valence-corrected chi connectivity index (χ2v) is 3.43. The van der Waals surface area contributed by atoms with Crippen molar-refractivity contribution in [1.29, 1.82) is 0 Å². The second-order valence-electron chi connectivity index (χ2n) is 3.43. The Labute approximate surface area is 92.0 Å². The van der Waals surface area contributed by atoms with Crippen LogP contribution in [0.1, 0.15) is 19.4 Å². The third-order valence-corrected chi connectivity index (χ3v) is 1.79. The average molecular weight is 233 g/mol. The van der Waals surface area contributed by atoms with E-state index in [9.17, 15) is 13.2 Å². The molecule has 0 bridgehead atoms. The summed E-state index contributed by atoms with van der Waals surface area (Å²) in [4.78, 5) is 0. The van der Waals surface area contributed by atoms with Gasteiger partial charge in [-0.25, -0.2) is 0 Å². The summed E-state index contributed by atoms with van der Waals surface area (Å²) in [6.07, 6.45) is -4.84. The minimum Gasteiger partial charge on any atom is -0.493 e. The van der Waals surface area contributed by atoms with E-state index in [4.69, 9.17) is 9.47 Å². The van der Waals surface area contributed by atoms with E-state index < -0.39 is 11.7 Å². The minimum absolute atomic E-state index is 0.0310. The van der Waals surface area contributed by atoms with E-state index in [0.717, 1.165) is 6.07 Å². The van der Waals surface area contributed by atoms with Crippen LogP contribution >= 0.6 is 0 Å². The summed E-state index contributed by atoms with van der Waals surface area (Å²) in [5, 5.41) is 0. The van der Waals surface area contributed by atoms with E-state index >= 15 is 0 Å². The van der Waals surface area contributed by atoms with Gasteiger partial charge >= 0.3 is 6.18 Å². The molecule has 0 saturated carbocycles. The molecule has 16 heavy (non-hydrogen) atoms. The molecular formula is C11H12F3O2. The molecule has 2 nitrogen and oxygen atoms in total. The first-order valence-electron chi connectivity index (χ1n) is 4.68. The fraction of sp³-hybridized carbons (Fsp3) is 0.455. The van der Waals surface area contributed by atoms with Gasteiger partial charge in [-0.05, 0) is 32.0 Å². The molecule has 1 aromatic rings. The quantitative estimate of drug-likeness (QED) is 0.797. The van der Waals surface area contributed by atoms with Crippen LogP contribution in [0.4, 0.5) is 13.2 Å². The zero-order valence-corrected chi connectivity index (χ0v) is 9.18. The Balaban J connectivity index is 3.26. The Kier molecular flexibility index (Phi) is 3.67. The zero-order chi connectivity index (χ0) is 12.3. The number of benzene rings is 1. The molecule has 0 saturated heterocycles. The predicted octanol–water partition coefficient (Wildman–Crippen LogP) is 3.30. The SMILES string of the molecule is COc1c[c]cc(C(F)(F)F)c1OC(C)C. The molecule has 0 N–H and O–H groups in total. The van der Waals surface area contributed by atoms with Gasteiger partial charge in [-0.3, -0.25) is 0 Å². The van der Waals surface area contributed by atoms with Gasteiger partial charge in [0.15, 0.2) is 11.5 Å². The first-order chi connectivity index (χ1) is 7.36. The van der Waals surface area contributed by atoms with Crippen molar-refractivity contribution in [3.63, 3.8) is 0 Å². The van der Waals surface area contributed by atoms with Crippen LogP contribution in [-0.2, 0) is 6.18 Å². The molecule has 0 aromatic heterocycles. The van der Waals surface area contributed by atoms with E-state index in [0.29, 0.717) is 0 Å². The van der Waals surface area contributed by atoms with Crippen molar-refractivity contribution in [2.45, 2.75) is 26.1 Å². The molecule has 0 atom stereocenters. The summed E-state index contributed by atoms with van der Waals surface area (Å²) in [6, 6.07) is 4.54. The fourth-order valence-corrected chi connectivity index (χ4v) is 1.18. The monoisotopic (exact) mass is 233 g/mol. The summed E-state index contributed by atoms with van der Waals surface area (Å²) in [6.45, 7) is 3.30. The lowest BCUT2D eigenvalue weighted by molar-refractivity contribution is -0.139. The Morgan fingerprint density at radius 1 is 1.25 bits per heavy atom. The van der Waals surface area contributed by atoms with Crippen molar-refractivity contribution >= 4 is 0 Å². The van der Waals surface area contributed by atoms with Gasteiger partial charge in [0.2, 0.25) is 0 Å². The lowest BCUT2D eigenvalue weighted by atomic mass is 10.1. The Hall–Kier alpha value is -1.39. The number of hydrogen-bond acceptors (Lipinski definition) is 2. The van der Waals surface area contributed by atoms with Gasteiger partial charge in [0.1, 0.15) is 5.56 Å². The normalized spacial score (nSPS) is 11.7. The van der Waals surface area contributed by atoms with Gasteiger partial charge in [-0.15, -0.1) is 0 Å². The summed E-state index contributed by atoms with van der Waals surface area (Å²) >= 11 is 0. The smallest absolute Gasteiger partial charge is 0.420 e. The Bertz CT molecular complexity index is 359. The van der Waals surface area contributed by atoms with Crippen molar-refractivity contribution in [2.24, 2.45) is 0 Å². The topological polar surface area (TPSA) is 18.5 Å². The molecule has 0 spiro atoms. The average Bonchev–Trinajstić information content (AvgIpc) is 2.15. The molecule has 0 heterocycles. The molecule has 0 unspecified atom stereocenters. The lowest BCUT2D eigenvalue weighted by Crippen LogP contribution is -2.13. The van der Waals surface area contributed by atoms with Crippen molar-refractivity contribution in [2.75, 3.05) is 7.11 Å². The molecule has 0 amide bonds. The number of rotatable bonds is 3. The largest absolute Gasteiger partial charge is 0.493 e. The number of halogens is 3. The van der Waals surface area contributed by atoms with Gasteiger partial charge in [-0.1, -0.05) is 0 Å². The maximum atomic E-state index is 12.7. The maximum Gasteiger partial charge on any atom is 0.420 e. The fourth-order valence-electron chi connectivity index (χ4n) is 1.18. The predicted molar refractivity (Wildman–Crippen MR) is 52.6 cm³/mol. The van der Waals surface area contributed by atoms with Crippen molar-refractivity contribution in [3.8, 4) is 11.5 Å².